The number of carbonyl (C=O) groups is 1. The standard InChI is InChI=1S/C24H31FN6O2/c1-15(2)22-19-5-4-6-20(25)23(19)31(27-22)24-26-21(33-28-24)13-17-7-10-30(14-17)18-8-11-29(12-9-18)16(3)32/h4-6,15,17-18H,7-14H2,1-3H3/t17-/m0/s1. The van der Waals surface area contributed by atoms with Crippen molar-refractivity contribution < 1.29 is 13.7 Å². The number of likely N-dealkylation sites (tertiary alicyclic amines) is 2. The number of hydrogen-bond acceptors (Lipinski definition) is 6. The topological polar surface area (TPSA) is 80.3 Å². The SMILES string of the molecule is CC(=O)N1CCC(N2CC[C@@H](Cc3nc(-n4nc(C(C)C)c5cccc(F)c54)no3)C2)CC1. The highest BCUT2D eigenvalue weighted by atomic mass is 19.1. The Labute approximate surface area is 192 Å². The van der Waals surface area contributed by atoms with Crippen LogP contribution < -0.4 is 0 Å². The Bertz CT molecular complexity index is 1150. The normalized spacial score (nSPS) is 20.4. The maximum atomic E-state index is 14.7. The molecule has 2 aliphatic heterocycles. The number of rotatable bonds is 5. The van der Waals surface area contributed by atoms with E-state index in [1.165, 1.54) is 10.7 Å². The molecule has 0 saturated carbocycles. The molecular weight excluding hydrogens is 423 g/mol. The molecule has 0 aliphatic carbocycles. The molecule has 1 amide bonds. The maximum absolute atomic E-state index is 14.7. The Morgan fingerprint density at radius 3 is 2.73 bits per heavy atom. The zero-order valence-corrected chi connectivity index (χ0v) is 19.5. The number of para-hydroxylation sites is 1. The van der Waals surface area contributed by atoms with Crippen LogP contribution in [0.1, 0.15) is 57.5 Å². The van der Waals surface area contributed by atoms with Gasteiger partial charge in [-0.15, -0.1) is 0 Å². The molecule has 5 rings (SSSR count). The molecule has 33 heavy (non-hydrogen) atoms. The van der Waals surface area contributed by atoms with Crippen LogP contribution in [0, 0.1) is 11.7 Å². The molecule has 0 N–H and O–H groups in total. The molecule has 2 aromatic heterocycles. The van der Waals surface area contributed by atoms with Crippen LogP contribution in [0.5, 0.6) is 0 Å². The van der Waals surface area contributed by atoms with Crippen molar-refractivity contribution in [2.45, 2.75) is 58.4 Å². The third-order valence-electron chi connectivity index (χ3n) is 7.08. The van der Waals surface area contributed by atoms with Crippen molar-refractivity contribution in [1.82, 2.24) is 29.7 Å². The van der Waals surface area contributed by atoms with Gasteiger partial charge in [0.05, 0.1) is 5.69 Å². The van der Waals surface area contributed by atoms with Gasteiger partial charge in [-0.2, -0.15) is 14.8 Å². The van der Waals surface area contributed by atoms with E-state index >= 15 is 0 Å². The van der Waals surface area contributed by atoms with Gasteiger partial charge in [-0.05, 0) is 48.9 Å². The average Bonchev–Trinajstić information content (AvgIpc) is 3.53. The molecule has 176 valence electrons. The summed E-state index contributed by atoms with van der Waals surface area (Å²) in [5.74, 6) is 1.26. The van der Waals surface area contributed by atoms with Crippen molar-refractivity contribution in [3.63, 3.8) is 0 Å². The Balaban J connectivity index is 1.27. The van der Waals surface area contributed by atoms with Crippen molar-refractivity contribution in [2.75, 3.05) is 26.2 Å². The van der Waals surface area contributed by atoms with E-state index in [0.29, 0.717) is 29.8 Å². The first kappa shape index (κ1) is 22.0. The minimum absolute atomic E-state index is 0.147. The lowest BCUT2D eigenvalue weighted by Gasteiger charge is -2.36. The summed E-state index contributed by atoms with van der Waals surface area (Å²) in [6.07, 6.45) is 3.86. The van der Waals surface area contributed by atoms with E-state index in [-0.39, 0.29) is 23.6 Å². The van der Waals surface area contributed by atoms with Crippen LogP contribution in [-0.4, -0.2) is 67.8 Å². The van der Waals surface area contributed by atoms with E-state index < -0.39 is 0 Å². The third-order valence-corrected chi connectivity index (χ3v) is 7.08. The van der Waals surface area contributed by atoms with E-state index in [0.717, 1.165) is 56.5 Å². The summed E-state index contributed by atoms with van der Waals surface area (Å²) in [7, 11) is 0. The van der Waals surface area contributed by atoms with Crippen LogP contribution in [-0.2, 0) is 11.2 Å². The molecule has 1 atom stereocenters. The van der Waals surface area contributed by atoms with Gasteiger partial charge in [0.25, 0.3) is 5.95 Å². The number of hydrogen-bond donors (Lipinski definition) is 0. The molecule has 0 unspecified atom stereocenters. The lowest BCUT2D eigenvalue weighted by atomic mass is 10.0. The van der Waals surface area contributed by atoms with Gasteiger partial charge in [0.1, 0.15) is 11.3 Å². The number of aromatic nitrogens is 4. The fourth-order valence-electron chi connectivity index (χ4n) is 5.29. The van der Waals surface area contributed by atoms with Crippen LogP contribution in [0.2, 0.25) is 0 Å². The first-order chi connectivity index (χ1) is 15.9. The van der Waals surface area contributed by atoms with Gasteiger partial charge in [0.15, 0.2) is 0 Å². The number of benzene rings is 1. The van der Waals surface area contributed by atoms with Gasteiger partial charge < -0.3 is 9.42 Å². The predicted molar refractivity (Wildman–Crippen MR) is 122 cm³/mol. The average molecular weight is 455 g/mol. The highest BCUT2D eigenvalue weighted by molar-refractivity contribution is 5.84. The number of nitrogens with zero attached hydrogens (tertiary/aromatic N) is 6. The van der Waals surface area contributed by atoms with Gasteiger partial charge in [-0.25, -0.2) is 4.39 Å². The van der Waals surface area contributed by atoms with Gasteiger partial charge in [0, 0.05) is 44.4 Å². The van der Waals surface area contributed by atoms with Crippen LogP contribution >= 0.6 is 0 Å². The summed E-state index contributed by atoms with van der Waals surface area (Å²) in [6, 6.07) is 5.55. The third kappa shape index (κ3) is 4.26. The minimum Gasteiger partial charge on any atom is -0.343 e. The van der Waals surface area contributed by atoms with Crippen molar-refractivity contribution in [1.29, 1.82) is 0 Å². The van der Waals surface area contributed by atoms with Crippen LogP contribution in [0.25, 0.3) is 16.9 Å². The second kappa shape index (κ2) is 8.85. The van der Waals surface area contributed by atoms with E-state index in [9.17, 15) is 9.18 Å². The van der Waals surface area contributed by atoms with Crippen LogP contribution in [0.4, 0.5) is 4.39 Å². The lowest BCUT2D eigenvalue weighted by molar-refractivity contribution is -0.130. The van der Waals surface area contributed by atoms with Gasteiger partial charge in [0.2, 0.25) is 11.8 Å². The molecule has 2 saturated heterocycles. The monoisotopic (exact) mass is 454 g/mol. The number of carbonyl (C=O) groups excluding carboxylic acids is 1. The first-order valence-electron chi connectivity index (χ1n) is 11.9. The van der Waals surface area contributed by atoms with E-state index in [1.54, 1.807) is 13.0 Å². The minimum atomic E-state index is -0.347. The van der Waals surface area contributed by atoms with E-state index in [1.807, 2.05) is 24.8 Å². The first-order valence-corrected chi connectivity index (χ1v) is 11.9. The van der Waals surface area contributed by atoms with Crippen LogP contribution in [0.3, 0.4) is 0 Å². The highest BCUT2D eigenvalue weighted by Crippen LogP contribution is 2.29. The predicted octanol–water partition coefficient (Wildman–Crippen LogP) is 3.55. The van der Waals surface area contributed by atoms with Crippen molar-refractivity contribution in [2.24, 2.45) is 5.92 Å². The smallest absolute Gasteiger partial charge is 0.291 e. The summed E-state index contributed by atoms with van der Waals surface area (Å²) in [6.45, 7) is 9.47. The Morgan fingerprint density at radius 2 is 2.00 bits per heavy atom. The molecular formula is C24H31FN6O2. The quantitative estimate of drug-likeness (QED) is 0.587. The molecule has 3 aromatic rings. The zero-order chi connectivity index (χ0) is 23.1. The zero-order valence-electron chi connectivity index (χ0n) is 19.5. The Kier molecular flexibility index (Phi) is 5.90. The van der Waals surface area contributed by atoms with Gasteiger partial charge >= 0.3 is 0 Å². The van der Waals surface area contributed by atoms with Gasteiger partial charge in [-0.3, -0.25) is 9.69 Å². The van der Waals surface area contributed by atoms with Crippen LogP contribution in [0.15, 0.2) is 22.7 Å². The number of halogens is 1. The molecule has 2 aliphatic rings. The fourth-order valence-corrected chi connectivity index (χ4v) is 5.29. The molecule has 0 radical (unpaired) electrons. The number of piperidine rings is 1. The summed E-state index contributed by atoms with van der Waals surface area (Å²) in [4.78, 5) is 20.6. The fraction of sp³-hybridized carbons (Fsp3) is 0.583. The van der Waals surface area contributed by atoms with E-state index in [2.05, 4.69) is 20.1 Å². The molecule has 2 fully saturated rings. The Hall–Kier alpha value is -2.81. The second-order valence-corrected chi connectivity index (χ2v) is 9.67. The van der Waals surface area contributed by atoms with E-state index in [4.69, 9.17) is 4.52 Å². The Morgan fingerprint density at radius 1 is 1.21 bits per heavy atom. The summed E-state index contributed by atoms with van der Waals surface area (Å²) >= 11 is 0. The van der Waals surface area contributed by atoms with Crippen molar-refractivity contribution >= 4 is 16.8 Å². The van der Waals surface area contributed by atoms with Crippen molar-refractivity contribution in [3.8, 4) is 5.95 Å². The largest absolute Gasteiger partial charge is 0.343 e. The maximum Gasteiger partial charge on any atom is 0.291 e. The molecule has 1 aromatic carbocycles. The van der Waals surface area contributed by atoms with Crippen molar-refractivity contribution in [3.05, 3.63) is 35.6 Å². The molecule has 4 heterocycles. The summed E-state index contributed by atoms with van der Waals surface area (Å²) < 4.78 is 21.7. The lowest BCUT2D eigenvalue weighted by Crippen LogP contribution is -2.45. The molecule has 8 nitrogen and oxygen atoms in total. The number of amides is 1. The summed E-state index contributed by atoms with van der Waals surface area (Å²) in [5.41, 5.74) is 1.20. The highest BCUT2D eigenvalue weighted by Gasteiger charge is 2.32. The molecule has 0 spiro atoms. The second-order valence-electron chi connectivity index (χ2n) is 9.67. The summed E-state index contributed by atoms with van der Waals surface area (Å²) in [5, 5.41) is 9.51. The molecule has 9 heteroatoms. The molecule has 0 bridgehead atoms. The van der Waals surface area contributed by atoms with Gasteiger partial charge in [-0.1, -0.05) is 26.0 Å². The number of fused-ring (bicyclic) bond motifs is 1.